The highest BCUT2D eigenvalue weighted by atomic mass is 16.5. The van der Waals surface area contributed by atoms with Crippen molar-refractivity contribution in [1.29, 1.82) is 5.26 Å². The first-order chi connectivity index (χ1) is 15.6. The predicted molar refractivity (Wildman–Crippen MR) is 121 cm³/mol. The first-order valence-corrected chi connectivity index (χ1v) is 11.1. The van der Waals surface area contributed by atoms with Crippen molar-refractivity contribution in [2.45, 2.75) is 57.5 Å². The summed E-state index contributed by atoms with van der Waals surface area (Å²) in [6.45, 7) is 6.64. The van der Waals surface area contributed by atoms with Gasteiger partial charge in [-0.1, -0.05) is 6.07 Å². The van der Waals surface area contributed by atoms with Crippen LogP contribution in [0.1, 0.15) is 50.4 Å². The summed E-state index contributed by atoms with van der Waals surface area (Å²) in [7, 11) is 1.69. The fraction of sp³-hybridized carbons (Fsp3) is 0.522. The van der Waals surface area contributed by atoms with E-state index in [4.69, 9.17) is 14.7 Å². The number of likely N-dealkylation sites (tertiary alicyclic amines) is 1. The third-order valence-corrected chi connectivity index (χ3v) is 6.08. The monoisotopic (exact) mass is 437 g/mol. The van der Waals surface area contributed by atoms with Crippen LogP contribution < -0.4 is 25.6 Å². The van der Waals surface area contributed by atoms with Crippen LogP contribution in [-0.2, 0) is 0 Å². The molecular formula is C23H31N7O2. The van der Waals surface area contributed by atoms with Crippen molar-refractivity contribution in [3.05, 3.63) is 41.9 Å². The maximum atomic E-state index is 8.85. The van der Waals surface area contributed by atoms with E-state index >= 15 is 0 Å². The molecule has 0 aliphatic carbocycles. The minimum absolute atomic E-state index is 0.0333. The third kappa shape index (κ3) is 5.27. The van der Waals surface area contributed by atoms with Gasteiger partial charge in [0.1, 0.15) is 29.5 Å². The molecule has 9 heteroatoms. The van der Waals surface area contributed by atoms with Gasteiger partial charge in [0.2, 0.25) is 0 Å². The predicted octanol–water partition coefficient (Wildman–Crippen LogP) is 2.59. The van der Waals surface area contributed by atoms with Gasteiger partial charge in [-0.2, -0.15) is 5.26 Å². The second kappa shape index (κ2) is 10.1. The lowest BCUT2D eigenvalue weighted by atomic mass is 10.0. The third-order valence-electron chi connectivity index (χ3n) is 6.08. The molecule has 170 valence electrons. The number of ether oxygens (including phenoxy) is 2. The van der Waals surface area contributed by atoms with Gasteiger partial charge >= 0.3 is 0 Å². The molecular weight excluding hydrogens is 406 g/mol. The van der Waals surface area contributed by atoms with Crippen molar-refractivity contribution >= 4 is 5.82 Å². The van der Waals surface area contributed by atoms with Crippen molar-refractivity contribution in [2.24, 2.45) is 0 Å². The number of aromatic nitrogens is 2. The molecule has 0 saturated carbocycles. The van der Waals surface area contributed by atoms with E-state index < -0.39 is 0 Å². The van der Waals surface area contributed by atoms with Crippen molar-refractivity contribution in [2.75, 3.05) is 25.5 Å². The first kappa shape index (κ1) is 22.3. The number of rotatable bonds is 7. The molecule has 4 rings (SSSR count). The molecule has 32 heavy (non-hydrogen) atoms. The topological polar surface area (TPSA) is 107 Å². The highest BCUT2D eigenvalue weighted by molar-refractivity contribution is 5.43. The minimum Gasteiger partial charge on any atom is -0.496 e. The van der Waals surface area contributed by atoms with Crippen LogP contribution in [0, 0.1) is 11.3 Å². The summed E-state index contributed by atoms with van der Waals surface area (Å²) in [5, 5.41) is 12.1. The lowest BCUT2D eigenvalue weighted by molar-refractivity contribution is 0.0841. The van der Waals surface area contributed by atoms with E-state index in [0.29, 0.717) is 17.6 Å². The van der Waals surface area contributed by atoms with E-state index in [9.17, 15) is 0 Å². The van der Waals surface area contributed by atoms with Gasteiger partial charge in [-0.15, -0.1) is 0 Å². The zero-order valence-electron chi connectivity index (χ0n) is 18.8. The van der Waals surface area contributed by atoms with Crippen LogP contribution in [0.5, 0.6) is 11.5 Å². The molecule has 2 aromatic rings. The molecule has 1 aromatic heterocycles. The smallest absolute Gasteiger partial charge is 0.158 e. The molecule has 0 radical (unpaired) electrons. The molecule has 0 bridgehead atoms. The lowest BCUT2D eigenvalue weighted by Gasteiger charge is -2.34. The molecule has 0 spiro atoms. The van der Waals surface area contributed by atoms with Crippen LogP contribution in [0.4, 0.5) is 5.82 Å². The standard InChI is InChI=1S/C23H31N7O2/c1-15(2)30-8-6-17(7-9-30)32-18-4-5-19(21(10-18)31-3)20-11-22(29-28-20)27-23-14-25-16(12-24)13-26-23/h4-5,10,13-15,17,20,22,28-29H,6-9,11H2,1-3H3,(H,26,27). The van der Waals surface area contributed by atoms with E-state index in [1.165, 1.54) is 6.20 Å². The maximum absolute atomic E-state index is 8.85. The first-order valence-electron chi connectivity index (χ1n) is 11.1. The van der Waals surface area contributed by atoms with Crippen LogP contribution >= 0.6 is 0 Å². The molecule has 3 heterocycles. The van der Waals surface area contributed by atoms with Crippen molar-refractivity contribution < 1.29 is 9.47 Å². The summed E-state index contributed by atoms with van der Waals surface area (Å²) in [4.78, 5) is 10.8. The molecule has 2 aliphatic rings. The summed E-state index contributed by atoms with van der Waals surface area (Å²) in [5.74, 6) is 2.27. The molecule has 2 saturated heterocycles. The number of hydrogen-bond acceptors (Lipinski definition) is 9. The maximum Gasteiger partial charge on any atom is 0.158 e. The zero-order valence-corrected chi connectivity index (χ0v) is 18.8. The quantitative estimate of drug-likeness (QED) is 0.602. The number of hydrogen-bond donors (Lipinski definition) is 3. The van der Waals surface area contributed by atoms with Crippen molar-refractivity contribution in [3.63, 3.8) is 0 Å². The van der Waals surface area contributed by atoms with Gasteiger partial charge in [-0.25, -0.2) is 20.8 Å². The SMILES string of the molecule is COc1cc(OC2CCN(C(C)C)CC2)ccc1C1CC(Nc2cnc(C#N)cn2)NN1. The number of methoxy groups -OCH3 is 1. The van der Waals surface area contributed by atoms with Crippen LogP contribution in [0.2, 0.25) is 0 Å². The Balaban J connectivity index is 1.35. The van der Waals surface area contributed by atoms with Gasteiger partial charge in [0.15, 0.2) is 5.69 Å². The number of nitrogens with zero attached hydrogens (tertiary/aromatic N) is 4. The van der Waals surface area contributed by atoms with Crippen LogP contribution in [0.15, 0.2) is 30.6 Å². The summed E-state index contributed by atoms with van der Waals surface area (Å²) in [6, 6.07) is 8.71. The van der Waals surface area contributed by atoms with Crippen molar-refractivity contribution in [1.82, 2.24) is 25.7 Å². The fourth-order valence-corrected chi connectivity index (χ4v) is 4.25. The van der Waals surface area contributed by atoms with Gasteiger partial charge in [0.05, 0.1) is 31.7 Å². The van der Waals surface area contributed by atoms with E-state index in [1.807, 2.05) is 18.2 Å². The Morgan fingerprint density at radius 1 is 1.19 bits per heavy atom. The lowest BCUT2D eigenvalue weighted by Crippen LogP contribution is -2.41. The second-order valence-corrected chi connectivity index (χ2v) is 8.52. The van der Waals surface area contributed by atoms with Crippen LogP contribution in [0.3, 0.4) is 0 Å². The average Bonchev–Trinajstić information content (AvgIpc) is 3.28. The Hall–Kier alpha value is -2.93. The Morgan fingerprint density at radius 3 is 2.66 bits per heavy atom. The van der Waals surface area contributed by atoms with Gasteiger partial charge in [-0.3, -0.25) is 0 Å². The summed E-state index contributed by atoms with van der Waals surface area (Å²) < 4.78 is 12.0. The van der Waals surface area contributed by atoms with E-state index in [1.54, 1.807) is 13.3 Å². The average molecular weight is 438 g/mol. The number of piperidine rings is 1. The Labute approximate surface area is 189 Å². The van der Waals surface area contributed by atoms with Gasteiger partial charge in [-0.05, 0) is 32.8 Å². The largest absolute Gasteiger partial charge is 0.496 e. The normalized spacial score (nSPS) is 22.0. The van der Waals surface area contributed by atoms with Gasteiger partial charge in [0.25, 0.3) is 0 Å². The number of nitrogens with one attached hydrogen (secondary N) is 3. The van der Waals surface area contributed by atoms with Crippen LogP contribution in [0.25, 0.3) is 0 Å². The number of nitriles is 1. The summed E-state index contributed by atoms with van der Waals surface area (Å²) in [5.41, 5.74) is 7.92. The number of hydrazine groups is 1. The van der Waals surface area contributed by atoms with E-state index in [0.717, 1.165) is 49.4 Å². The fourth-order valence-electron chi connectivity index (χ4n) is 4.25. The van der Waals surface area contributed by atoms with E-state index in [2.05, 4.69) is 51.0 Å². The van der Waals surface area contributed by atoms with E-state index in [-0.39, 0.29) is 18.3 Å². The highest BCUT2D eigenvalue weighted by Gasteiger charge is 2.28. The second-order valence-electron chi connectivity index (χ2n) is 8.52. The number of benzene rings is 1. The zero-order chi connectivity index (χ0) is 22.5. The summed E-state index contributed by atoms with van der Waals surface area (Å²) in [6.07, 6.45) is 6.10. The van der Waals surface area contributed by atoms with Gasteiger partial charge < -0.3 is 19.7 Å². The van der Waals surface area contributed by atoms with Gasteiger partial charge in [0, 0.05) is 37.2 Å². The summed E-state index contributed by atoms with van der Waals surface area (Å²) >= 11 is 0. The Morgan fingerprint density at radius 2 is 2.00 bits per heavy atom. The molecule has 9 nitrogen and oxygen atoms in total. The molecule has 1 aromatic carbocycles. The molecule has 2 atom stereocenters. The molecule has 2 fully saturated rings. The van der Waals surface area contributed by atoms with Crippen LogP contribution in [-0.4, -0.2) is 53.4 Å². The minimum atomic E-state index is -0.0333. The Bertz CT molecular complexity index is 936. The van der Waals surface area contributed by atoms with Crippen molar-refractivity contribution in [3.8, 4) is 17.6 Å². The highest BCUT2D eigenvalue weighted by Crippen LogP contribution is 2.34. The Kier molecular flexibility index (Phi) is 7.05. The molecule has 3 N–H and O–H groups in total. The number of anilines is 1. The molecule has 2 aliphatic heterocycles. The molecule has 2 unspecified atom stereocenters. The molecule has 0 amide bonds.